The molecule has 56 valence electrons. The van der Waals surface area contributed by atoms with E-state index in [0.717, 1.165) is 0 Å². The smallest absolute Gasteiger partial charge is 0.227 e. The molecule has 1 amide bonds. The molecule has 0 aliphatic heterocycles. The number of alkyl halides is 1. The van der Waals surface area contributed by atoms with Crippen molar-refractivity contribution in [3.05, 3.63) is 0 Å². The van der Waals surface area contributed by atoms with Crippen LogP contribution in [0.3, 0.4) is 0 Å². The fourth-order valence-electron chi connectivity index (χ4n) is 0. The lowest BCUT2D eigenvalue weighted by molar-refractivity contribution is -0.115. The van der Waals surface area contributed by atoms with Crippen LogP contribution in [0.5, 0.6) is 0 Å². The zero-order valence-electron chi connectivity index (χ0n) is 4.88. The summed E-state index contributed by atoms with van der Waals surface area (Å²) >= 11 is 1.90. The van der Waals surface area contributed by atoms with Gasteiger partial charge >= 0.3 is 0 Å². The number of amides is 1. The molecule has 0 aromatic carbocycles. The van der Waals surface area contributed by atoms with E-state index in [-0.39, 0.29) is 19.1 Å². The maximum Gasteiger partial charge on any atom is 0.227 e. The van der Waals surface area contributed by atoms with E-state index in [1.807, 2.05) is 22.6 Å². The first-order valence-corrected chi connectivity index (χ1v) is 3.77. The normalized spacial score (nSPS) is 7.44. The fourth-order valence-corrected chi connectivity index (χ4v) is 0. The third-order valence-corrected chi connectivity index (χ3v) is 0.984. The van der Waals surface area contributed by atoms with Crippen LogP contribution in [-0.2, 0) is 4.79 Å². The second-order valence-electron chi connectivity index (χ2n) is 1.05. The highest BCUT2D eigenvalue weighted by Crippen LogP contribution is 1.72. The van der Waals surface area contributed by atoms with Crippen LogP contribution in [0.1, 0.15) is 0 Å². The lowest BCUT2D eigenvalue weighted by Gasteiger charge is -1.71. The maximum absolute atomic E-state index is 9.58. The van der Waals surface area contributed by atoms with E-state index < -0.39 is 0 Å². The highest BCUT2D eigenvalue weighted by molar-refractivity contribution is 14.1. The third-order valence-electron chi connectivity index (χ3n) is 0.232. The molecule has 0 aliphatic rings. The Morgan fingerprint density at radius 3 is 1.67 bits per heavy atom. The molecule has 9 heavy (non-hydrogen) atoms. The molecule has 0 bridgehead atoms. The monoisotopic (exact) mass is 247 g/mol. The molecule has 0 atom stereocenters. The highest BCUT2D eigenvalue weighted by Gasteiger charge is 1.79. The Labute approximate surface area is 67.2 Å². The van der Waals surface area contributed by atoms with Crippen LogP contribution in [0.4, 0.5) is 0 Å². The summed E-state index contributed by atoms with van der Waals surface area (Å²) in [7, 11) is 0. The lowest BCUT2D eigenvalue weighted by atomic mass is 10.8. The minimum Gasteiger partial charge on any atom is -0.394 e. The van der Waals surface area contributed by atoms with Crippen molar-refractivity contribution in [3.63, 3.8) is 0 Å². The maximum atomic E-state index is 9.58. The number of carbonyl (C=O) groups is 1. The van der Waals surface area contributed by atoms with Crippen LogP contribution in [-0.4, -0.2) is 33.8 Å². The molecule has 0 spiro atoms. The minimum atomic E-state index is -0.259. The van der Waals surface area contributed by atoms with Crippen molar-refractivity contribution in [2.24, 2.45) is 5.73 Å². The minimum absolute atomic E-state index is 0.125. The summed E-state index contributed by atoms with van der Waals surface area (Å²) in [4.78, 5) is 9.58. The number of rotatable bonds is 2. The van der Waals surface area contributed by atoms with E-state index in [1.165, 1.54) is 0 Å². The van der Waals surface area contributed by atoms with Gasteiger partial charge in [-0.2, -0.15) is 0 Å². The zero-order valence-corrected chi connectivity index (χ0v) is 7.04. The van der Waals surface area contributed by atoms with Crippen molar-refractivity contribution in [3.8, 4) is 0 Å². The van der Waals surface area contributed by atoms with Crippen LogP contribution in [0.15, 0.2) is 0 Å². The van der Waals surface area contributed by atoms with Crippen molar-refractivity contribution in [2.75, 3.05) is 17.6 Å². The number of nitrogens with two attached hydrogens (primary N) is 1. The average Bonchev–Trinajstić information content (AvgIpc) is 1.89. The molecule has 4 N–H and O–H groups in total. The number of aliphatic hydroxyl groups excluding tert-OH is 2. The van der Waals surface area contributed by atoms with Crippen molar-refractivity contribution < 1.29 is 15.0 Å². The predicted octanol–water partition coefficient (Wildman–Crippen LogP) is -1.12. The number of halogens is 1. The molecule has 0 saturated carbocycles. The standard InChI is InChI=1S/C2H4INO.C2H6O2/c3-1-2(4)5;3-1-2-4/h1H2,(H2,4,5);3-4H,1-2H2. The second kappa shape index (κ2) is 11.0. The largest absolute Gasteiger partial charge is 0.394 e. The molecule has 0 heterocycles. The first kappa shape index (κ1) is 11.9. The Balaban J connectivity index is 0. The van der Waals surface area contributed by atoms with Gasteiger partial charge in [-0.3, -0.25) is 4.79 Å². The van der Waals surface area contributed by atoms with Gasteiger partial charge < -0.3 is 15.9 Å². The second-order valence-corrected chi connectivity index (χ2v) is 1.81. The summed E-state index contributed by atoms with van der Waals surface area (Å²) in [6, 6.07) is 0. The van der Waals surface area contributed by atoms with Crippen molar-refractivity contribution >= 4 is 28.5 Å². The topological polar surface area (TPSA) is 83.6 Å². The number of carbonyl (C=O) groups excluding carboxylic acids is 1. The van der Waals surface area contributed by atoms with Gasteiger partial charge in [0, 0.05) is 0 Å². The number of hydrogen-bond acceptors (Lipinski definition) is 3. The Morgan fingerprint density at radius 2 is 1.67 bits per heavy atom. The van der Waals surface area contributed by atoms with Gasteiger partial charge in [0.1, 0.15) is 0 Å². The van der Waals surface area contributed by atoms with Gasteiger partial charge in [-0.1, -0.05) is 22.6 Å². The summed E-state index contributed by atoms with van der Waals surface area (Å²) < 4.78 is 0.414. The van der Waals surface area contributed by atoms with Crippen LogP contribution in [0, 0.1) is 0 Å². The highest BCUT2D eigenvalue weighted by atomic mass is 127. The van der Waals surface area contributed by atoms with E-state index in [4.69, 9.17) is 10.2 Å². The molecular weight excluding hydrogens is 237 g/mol. The van der Waals surface area contributed by atoms with Gasteiger partial charge in [-0.05, 0) is 0 Å². The summed E-state index contributed by atoms with van der Waals surface area (Å²) in [5, 5.41) is 15.2. The summed E-state index contributed by atoms with van der Waals surface area (Å²) in [6.07, 6.45) is 0. The van der Waals surface area contributed by atoms with E-state index in [9.17, 15) is 4.79 Å². The molecule has 0 aromatic rings. The van der Waals surface area contributed by atoms with Crippen LogP contribution >= 0.6 is 22.6 Å². The SMILES string of the molecule is NC(=O)CI.OCCO. The number of primary amides is 1. The van der Waals surface area contributed by atoms with E-state index in [2.05, 4.69) is 5.73 Å². The Hall–Kier alpha value is 0.120. The van der Waals surface area contributed by atoms with Gasteiger partial charge in [-0.25, -0.2) is 0 Å². The first-order valence-electron chi connectivity index (χ1n) is 2.25. The van der Waals surface area contributed by atoms with Gasteiger partial charge in [0.25, 0.3) is 0 Å². The molecule has 0 rings (SSSR count). The Morgan fingerprint density at radius 1 is 1.44 bits per heavy atom. The van der Waals surface area contributed by atoms with Crippen LogP contribution in [0.2, 0.25) is 0 Å². The molecule has 4 nitrogen and oxygen atoms in total. The third kappa shape index (κ3) is 31.2. The van der Waals surface area contributed by atoms with Crippen molar-refractivity contribution in [2.45, 2.75) is 0 Å². The first-order chi connectivity index (χ1) is 4.18. The number of aliphatic hydroxyl groups is 2. The van der Waals surface area contributed by atoms with Gasteiger partial charge in [0.2, 0.25) is 5.91 Å². The van der Waals surface area contributed by atoms with Crippen LogP contribution < -0.4 is 5.73 Å². The Bertz CT molecular complexity index is 66.8. The summed E-state index contributed by atoms with van der Waals surface area (Å²) in [5.74, 6) is -0.259. The summed E-state index contributed by atoms with van der Waals surface area (Å²) in [5.41, 5.74) is 4.65. The molecule has 0 fully saturated rings. The predicted molar refractivity (Wildman–Crippen MR) is 42.3 cm³/mol. The molecule has 0 unspecified atom stereocenters. The molecule has 0 saturated heterocycles. The van der Waals surface area contributed by atoms with E-state index in [1.54, 1.807) is 0 Å². The Kier molecular flexibility index (Phi) is 14.5. The summed E-state index contributed by atoms with van der Waals surface area (Å²) in [6.45, 7) is -0.250. The van der Waals surface area contributed by atoms with Gasteiger partial charge in [0.15, 0.2) is 0 Å². The van der Waals surface area contributed by atoms with Crippen LogP contribution in [0.25, 0.3) is 0 Å². The van der Waals surface area contributed by atoms with E-state index in [0.29, 0.717) is 4.43 Å². The molecule has 0 aliphatic carbocycles. The molecule has 5 heteroatoms. The van der Waals surface area contributed by atoms with Gasteiger partial charge in [0.05, 0.1) is 17.6 Å². The van der Waals surface area contributed by atoms with Crippen molar-refractivity contribution in [1.82, 2.24) is 0 Å². The molecular formula is C4H10INO3. The number of hydrogen-bond donors (Lipinski definition) is 3. The molecule has 0 radical (unpaired) electrons. The average molecular weight is 247 g/mol. The van der Waals surface area contributed by atoms with Crippen molar-refractivity contribution in [1.29, 1.82) is 0 Å². The molecule has 0 aromatic heterocycles. The van der Waals surface area contributed by atoms with E-state index >= 15 is 0 Å². The van der Waals surface area contributed by atoms with Gasteiger partial charge in [-0.15, -0.1) is 0 Å². The fraction of sp³-hybridized carbons (Fsp3) is 0.750. The zero-order chi connectivity index (χ0) is 7.70. The lowest BCUT2D eigenvalue weighted by Crippen LogP contribution is -2.10. The quantitative estimate of drug-likeness (QED) is 0.427.